The van der Waals surface area contributed by atoms with Gasteiger partial charge in [-0.2, -0.15) is 0 Å². The Morgan fingerprint density at radius 1 is 1.55 bits per heavy atom. The molecular formula is C16H20INO4. The second kappa shape index (κ2) is 6.85. The van der Waals surface area contributed by atoms with E-state index in [4.69, 9.17) is 4.74 Å². The molecule has 1 aliphatic rings. The third-order valence-electron chi connectivity index (χ3n) is 4.19. The van der Waals surface area contributed by atoms with E-state index in [1.165, 1.54) is 0 Å². The van der Waals surface area contributed by atoms with Gasteiger partial charge in [0.25, 0.3) is 0 Å². The van der Waals surface area contributed by atoms with Gasteiger partial charge < -0.3 is 14.7 Å². The zero-order chi connectivity index (χ0) is 16.3. The zero-order valence-corrected chi connectivity index (χ0v) is 14.9. The monoisotopic (exact) mass is 417 g/mol. The lowest BCUT2D eigenvalue weighted by Crippen LogP contribution is -2.32. The summed E-state index contributed by atoms with van der Waals surface area (Å²) in [4.78, 5) is 24.6. The fraction of sp³-hybridized carbons (Fsp3) is 0.500. The van der Waals surface area contributed by atoms with Crippen molar-refractivity contribution in [1.82, 2.24) is 4.90 Å². The molecule has 6 heteroatoms. The maximum absolute atomic E-state index is 11.8. The Labute approximate surface area is 143 Å². The number of rotatable bonds is 6. The number of hydrogen-bond donors (Lipinski definition) is 1. The van der Waals surface area contributed by atoms with Crippen LogP contribution >= 0.6 is 22.6 Å². The predicted octanol–water partition coefficient (Wildman–Crippen LogP) is 3.25. The van der Waals surface area contributed by atoms with Gasteiger partial charge in [0, 0.05) is 10.6 Å². The summed E-state index contributed by atoms with van der Waals surface area (Å²) in [6.07, 6.45) is 1.46. The number of halogens is 1. The van der Waals surface area contributed by atoms with Crippen LogP contribution in [0.1, 0.15) is 31.7 Å². The van der Waals surface area contributed by atoms with Crippen LogP contribution in [0.15, 0.2) is 24.3 Å². The molecule has 1 aromatic rings. The highest BCUT2D eigenvalue weighted by atomic mass is 127. The number of cyclic esters (lactones) is 1. The Balaban J connectivity index is 2.00. The molecule has 1 saturated heterocycles. The van der Waals surface area contributed by atoms with Crippen LogP contribution in [0.2, 0.25) is 0 Å². The summed E-state index contributed by atoms with van der Waals surface area (Å²) in [6, 6.07) is 7.60. The number of carbonyl (C=O) groups is 2. The van der Waals surface area contributed by atoms with Gasteiger partial charge >= 0.3 is 12.1 Å². The Hall–Kier alpha value is -1.31. The Bertz CT molecular complexity index is 577. The second-order valence-electron chi connectivity index (χ2n) is 5.93. The molecule has 1 amide bonds. The Kier molecular flexibility index (Phi) is 5.31. The van der Waals surface area contributed by atoms with Crippen molar-refractivity contribution in [3.8, 4) is 0 Å². The number of hydrogen-bond acceptors (Lipinski definition) is 3. The number of carboxylic acid groups (broad SMARTS) is 1. The van der Waals surface area contributed by atoms with Crippen molar-refractivity contribution in [2.75, 3.05) is 13.6 Å². The van der Waals surface area contributed by atoms with Crippen molar-refractivity contribution in [2.24, 2.45) is 0 Å². The number of nitrogens with zero attached hydrogens (tertiary/aromatic N) is 1. The SMILES string of the molecule is CN1CC(CCCC(C)(C(=O)O)c2cccc(I)c2)OC1=O. The average Bonchev–Trinajstić information content (AvgIpc) is 2.77. The van der Waals surface area contributed by atoms with Gasteiger partial charge in [-0.1, -0.05) is 12.1 Å². The molecule has 22 heavy (non-hydrogen) atoms. The molecule has 0 aliphatic carbocycles. The maximum Gasteiger partial charge on any atom is 0.409 e. The standard InChI is InChI=1S/C16H20INO4/c1-16(14(19)20,11-5-3-6-12(17)9-11)8-4-7-13-10-18(2)15(21)22-13/h3,5-6,9,13H,4,7-8,10H2,1-2H3,(H,19,20). The van der Waals surface area contributed by atoms with Gasteiger partial charge in [-0.05, 0) is 66.5 Å². The third-order valence-corrected chi connectivity index (χ3v) is 4.86. The smallest absolute Gasteiger partial charge is 0.409 e. The van der Waals surface area contributed by atoms with Crippen LogP contribution in [-0.2, 0) is 14.9 Å². The molecule has 1 aliphatic heterocycles. The fourth-order valence-corrected chi connectivity index (χ4v) is 3.23. The number of aliphatic carboxylic acids is 1. The van der Waals surface area contributed by atoms with Crippen LogP contribution in [-0.4, -0.2) is 41.8 Å². The molecule has 5 nitrogen and oxygen atoms in total. The first-order chi connectivity index (χ1) is 10.3. The van der Waals surface area contributed by atoms with E-state index in [1.54, 1.807) is 18.9 Å². The molecule has 1 aromatic carbocycles. The van der Waals surface area contributed by atoms with E-state index in [1.807, 2.05) is 24.3 Å². The van der Waals surface area contributed by atoms with Crippen LogP contribution in [0, 0.1) is 3.57 Å². The first-order valence-electron chi connectivity index (χ1n) is 7.24. The highest BCUT2D eigenvalue weighted by Gasteiger charge is 2.36. The lowest BCUT2D eigenvalue weighted by Gasteiger charge is -2.26. The average molecular weight is 417 g/mol. The van der Waals surface area contributed by atoms with Gasteiger partial charge in [-0.15, -0.1) is 0 Å². The van der Waals surface area contributed by atoms with Crippen molar-refractivity contribution < 1.29 is 19.4 Å². The topological polar surface area (TPSA) is 66.8 Å². The first kappa shape index (κ1) is 17.1. The van der Waals surface area contributed by atoms with Crippen LogP contribution in [0.3, 0.4) is 0 Å². The summed E-state index contributed by atoms with van der Waals surface area (Å²) in [5.41, 5.74) is -0.108. The summed E-state index contributed by atoms with van der Waals surface area (Å²) in [6.45, 7) is 2.33. The molecule has 0 saturated carbocycles. The molecule has 2 unspecified atom stereocenters. The number of benzene rings is 1. The molecule has 2 rings (SSSR count). The summed E-state index contributed by atoms with van der Waals surface area (Å²) in [5, 5.41) is 9.66. The summed E-state index contributed by atoms with van der Waals surface area (Å²) >= 11 is 2.19. The van der Waals surface area contributed by atoms with E-state index in [0.717, 1.165) is 9.13 Å². The number of amides is 1. The summed E-state index contributed by atoms with van der Waals surface area (Å²) < 4.78 is 6.23. The van der Waals surface area contributed by atoms with E-state index >= 15 is 0 Å². The minimum atomic E-state index is -0.921. The number of likely N-dealkylation sites (N-methyl/N-ethyl adjacent to an activating group) is 1. The van der Waals surface area contributed by atoms with E-state index in [-0.39, 0.29) is 12.2 Å². The number of carboxylic acids is 1. The first-order valence-corrected chi connectivity index (χ1v) is 8.32. The highest BCUT2D eigenvalue weighted by Crippen LogP contribution is 2.31. The lowest BCUT2D eigenvalue weighted by atomic mass is 9.78. The normalized spacial score (nSPS) is 20.6. The predicted molar refractivity (Wildman–Crippen MR) is 90.9 cm³/mol. The molecule has 1 heterocycles. The van der Waals surface area contributed by atoms with Gasteiger partial charge in [-0.3, -0.25) is 4.79 Å². The molecular weight excluding hydrogens is 397 g/mol. The summed E-state index contributed by atoms with van der Waals surface area (Å²) in [7, 11) is 1.70. The van der Waals surface area contributed by atoms with Crippen molar-refractivity contribution >= 4 is 34.7 Å². The van der Waals surface area contributed by atoms with Crippen LogP contribution in [0.25, 0.3) is 0 Å². The fourth-order valence-electron chi connectivity index (χ4n) is 2.69. The molecule has 0 spiro atoms. The quantitative estimate of drug-likeness (QED) is 0.722. The van der Waals surface area contributed by atoms with Gasteiger partial charge in [0.05, 0.1) is 12.0 Å². The zero-order valence-electron chi connectivity index (χ0n) is 12.7. The Morgan fingerprint density at radius 3 is 2.82 bits per heavy atom. The van der Waals surface area contributed by atoms with Crippen molar-refractivity contribution in [1.29, 1.82) is 0 Å². The molecule has 0 aromatic heterocycles. The largest absolute Gasteiger partial charge is 0.481 e. The summed E-state index contributed by atoms with van der Waals surface area (Å²) in [5.74, 6) is -0.824. The molecule has 1 N–H and O–H groups in total. The van der Waals surface area contributed by atoms with Crippen molar-refractivity contribution in [3.63, 3.8) is 0 Å². The molecule has 0 radical (unpaired) electrons. The van der Waals surface area contributed by atoms with E-state index < -0.39 is 11.4 Å². The van der Waals surface area contributed by atoms with Gasteiger partial charge in [0.2, 0.25) is 0 Å². The maximum atomic E-state index is 11.8. The highest BCUT2D eigenvalue weighted by molar-refractivity contribution is 14.1. The lowest BCUT2D eigenvalue weighted by molar-refractivity contribution is -0.143. The van der Waals surface area contributed by atoms with Gasteiger partial charge in [-0.25, -0.2) is 4.79 Å². The van der Waals surface area contributed by atoms with Gasteiger partial charge in [0.15, 0.2) is 0 Å². The van der Waals surface area contributed by atoms with Crippen molar-refractivity contribution in [3.05, 3.63) is 33.4 Å². The van der Waals surface area contributed by atoms with Crippen LogP contribution in [0.5, 0.6) is 0 Å². The molecule has 1 fully saturated rings. The Morgan fingerprint density at radius 2 is 2.27 bits per heavy atom. The van der Waals surface area contributed by atoms with E-state index in [9.17, 15) is 14.7 Å². The minimum Gasteiger partial charge on any atom is -0.481 e. The molecule has 120 valence electrons. The van der Waals surface area contributed by atoms with E-state index in [2.05, 4.69) is 22.6 Å². The van der Waals surface area contributed by atoms with Crippen LogP contribution in [0.4, 0.5) is 4.79 Å². The van der Waals surface area contributed by atoms with E-state index in [0.29, 0.717) is 25.8 Å². The molecule has 2 atom stereocenters. The second-order valence-corrected chi connectivity index (χ2v) is 7.17. The van der Waals surface area contributed by atoms with Crippen LogP contribution < -0.4 is 0 Å². The van der Waals surface area contributed by atoms with Crippen molar-refractivity contribution in [2.45, 2.75) is 37.7 Å². The third kappa shape index (κ3) is 3.71. The van der Waals surface area contributed by atoms with Gasteiger partial charge in [0.1, 0.15) is 6.10 Å². The number of ether oxygens (including phenoxy) is 1. The minimum absolute atomic E-state index is 0.133. The number of carbonyl (C=O) groups excluding carboxylic acids is 1. The molecule has 0 bridgehead atoms.